The topological polar surface area (TPSA) is 9.23 Å². The van der Waals surface area contributed by atoms with Crippen LogP contribution >= 0.6 is 11.6 Å². The predicted molar refractivity (Wildman–Crippen MR) is 61.3 cm³/mol. The van der Waals surface area contributed by atoms with Gasteiger partial charge in [-0.15, -0.1) is 11.6 Å². The Morgan fingerprint density at radius 1 is 1.29 bits per heavy atom. The first-order chi connectivity index (χ1) is 6.69. The molecule has 0 spiro atoms. The Morgan fingerprint density at radius 3 is 2.29 bits per heavy atom. The summed E-state index contributed by atoms with van der Waals surface area (Å²) in [4.78, 5) is 0. The van der Waals surface area contributed by atoms with E-state index in [2.05, 4.69) is 26.0 Å². The molecule has 1 rings (SSSR count). The van der Waals surface area contributed by atoms with Gasteiger partial charge in [-0.25, -0.2) is 0 Å². The highest BCUT2D eigenvalue weighted by Gasteiger charge is 2.13. The van der Waals surface area contributed by atoms with Gasteiger partial charge in [-0.1, -0.05) is 26.0 Å². The van der Waals surface area contributed by atoms with Crippen LogP contribution in [0.15, 0.2) is 24.3 Å². The zero-order chi connectivity index (χ0) is 10.6. The van der Waals surface area contributed by atoms with Gasteiger partial charge in [0.1, 0.15) is 5.75 Å². The Labute approximate surface area is 91.0 Å². The summed E-state index contributed by atoms with van der Waals surface area (Å²) in [6, 6.07) is 8.11. The molecule has 0 aliphatic rings. The fourth-order valence-corrected chi connectivity index (χ4v) is 1.62. The van der Waals surface area contributed by atoms with Crippen LogP contribution in [0, 0.1) is 0 Å². The van der Waals surface area contributed by atoms with E-state index in [4.69, 9.17) is 16.3 Å². The summed E-state index contributed by atoms with van der Waals surface area (Å²) in [5.41, 5.74) is 1.27. The molecule has 0 aliphatic carbocycles. The maximum Gasteiger partial charge on any atom is 0.118 e. The predicted octanol–water partition coefficient (Wildman–Crippen LogP) is 3.82. The van der Waals surface area contributed by atoms with Gasteiger partial charge in [-0.2, -0.15) is 0 Å². The highest BCUT2D eigenvalue weighted by Crippen LogP contribution is 2.26. The van der Waals surface area contributed by atoms with Gasteiger partial charge >= 0.3 is 0 Å². The first kappa shape index (κ1) is 11.4. The molecular formula is C12H17ClO. The summed E-state index contributed by atoms with van der Waals surface area (Å²) in [6.45, 7) is 4.26. The third-order valence-electron chi connectivity index (χ3n) is 2.57. The number of methoxy groups -OCH3 is 1. The number of halogens is 1. The van der Waals surface area contributed by atoms with Gasteiger partial charge in [0.2, 0.25) is 0 Å². The average molecular weight is 213 g/mol. The van der Waals surface area contributed by atoms with Crippen LogP contribution in [0.5, 0.6) is 5.75 Å². The van der Waals surface area contributed by atoms with E-state index in [0.29, 0.717) is 5.92 Å². The maximum absolute atomic E-state index is 6.19. The van der Waals surface area contributed by atoms with Crippen molar-refractivity contribution < 1.29 is 4.74 Å². The SMILES string of the molecule is CCC(Cl)C(C)c1ccc(OC)cc1. The second kappa shape index (κ2) is 5.26. The number of rotatable bonds is 4. The molecule has 0 N–H and O–H groups in total. The largest absolute Gasteiger partial charge is 0.497 e. The number of hydrogen-bond donors (Lipinski definition) is 0. The van der Waals surface area contributed by atoms with Gasteiger partial charge in [-0.3, -0.25) is 0 Å². The van der Waals surface area contributed by atoms with E-state index in [9.17, 15) is 0 Å². The smallest absolute Gasteiger partial charge is 0.118 e. The summed E-state index contributed by atoms with van der Waals surface area (Å²) >= 11 is 6.19. The van der Waals surface area contributed by atoms with Crippen molar-refractivity contribution in [2.45, 2.75) is 31.6 Å². The molecule has 0 fully saturated rings. The van der Waals surface area contributed by atoms with E-state index in [1.165, 1.54) is 5.56 Å². The Bertz CT molecular complexity index is 268. The lowest BCUT2D eigenvalue weighted by Crippen LogP contribution is -2.07. The maximum atomic E-state index is 6.19. The van der Waals surface area contributed by atoms with E-state index >= 15 is 0 Å². The average Bonchev–Trinajstić information content (AvgIpc) is 2.27. The molecule has 2 atom stereocenters. The quantitative estimate of drug-likeness (QED) is 0.690. The molecule has 0 aliphatic heterocycles. The molecule has 1 aromatic carbocycles. The third-order valence-corrected chi connectivity index (χ3v) is 3.26. The molecular weight excluding hydrogens is 196 g/mol. The Hall–Kier alpha value is -0.690. The highest BCUT2D eigenvalue weighted by molar-refractivity contribution is 6.21. The number of hydrogen-bond acceptors (Lipinski definition) is 1. The number of alkyl halides is 1. The van der Waals surface area contributed by atoms with Gasteiger partial charge < -0.3 is 4.74 Å². The van der Waals surface area contributed by atoms with Gasteiger partial charge in [-0.05, 0) is 30.0 Å². The summed E-state index contributed by atoms with van der Waals surface area (Å²) in [6.07, 6.45) is 0.995. The second-order valence-corrected chi connectivity index (χ2v) is 4.05. The van der Waals surface area contributed by atoms with Crippen LogP contribution in [0.25, 0.3) is 0 Å². The van der Waals surface area contributed by atoms with Crippen LogP contribution in [0.4, 0.5) is 0 Å². The lowest BCUT2D eigenvalue weighted by Gasteiger charge is -2.16. The van der Waals surface area contributed by atoms with Gasteiger partial charge in [0, 0.05) is 5.38 Å². The Kier molecular flexibility index (Phi) is 4.27. The first-order valence-electron chi connectivity index (χ1n) is 4.97. The Morgan fingerprint density at radius 2 is 1.86 bits per heavy atom. The molecule has 14 heavy (non-hydrogen) atoms. The Balaban J connectivity index is 2.75. The molecule has 0 saturated heterocycles. The molecule has 0 amide bonds. The highest BCUT2D eigenvalue weighted by atomic mass is 35.5. The van der Waals surface area contributed by atoms with Crippen LogP contribution in [0.3, 0.4) is 0 Å². The lowest BCUT2D eigenvalue weighted by atomic mass is 9.96. The van der Waals surface area contributed by atoms with Crippen molar-refractivity contribution in [2.24, 2.45) is 0 Å². The number of benzene rings is 1. The van der Waals surface area contributed by atoms with Crippen molar-refractivity contribution >= 4 is 11.6 Å². The van der Waals surface area contributed by atoms with Gasteiger partial charge in [0.25, 0.3) is 0 Å². The van der Waals surface area contributed by atoms with E-state index < -0.39 is 0 Å². The second-order valence-electron chi connectivity index (χ2n) is 3.49. The van der Waals surface area contributed by atoms with Crippen LogP contribution in [-0.2, 0) is 0 Å². The first-order valence-corrected chi connectivity index (χ1v) is 5.40. The fourth-order valence-electron chi connectivity index (χ4n) is 1.47. The standard InChI is InChI=1S/C12H17ClO/c1-4-12(13)9(2)10-5-7-11(14-3)8-6-10/h5-9,12H,4H2,1-3H3. The van der Waals surface area contributed by atoms with E-state index in [1.807, 2.05) is 12.1 Å². The number of ether oxygens (including phenoxy) is 1. The fraction of sp³-hybridized carbons (Fsp3) is 0.500. The minimum atomic E-state index is 0.211. The molecule has 0 aromatic heterocycles. The minimum absolute atomic E-state index is 0.211. The molecule has 2 unspecified atom stereocenters. The van der Waals surface area contributed by atoms with Crippen LogP contribution < -0.4 is 4.74 Å². The van der Waals surface area contributed by atoms with Gasteiger partial charge in [0.15, 0.2) is 0 Å². The lowest BCUT2D eigenvalue weighted by molar-refractivity contribution is 0.414. The van der Waals surface area contributed by atoms with Crippen molar-refractivity contribution in [1.29, 1.82) is 0 Å². The molecule has 0 bridgehead atoms. The molecule has 0 heterocycles. The van der Waals surface area contributed by atoms with Crippen LogP contribution in [0.2, 0.25) is 0 Å². The summed E-state index contributed by atoms with van der Waals surface area (Å²) in [7, 11) is 1.68. The minimum Gasteiger partial charge on any atom is -0.497 e. The molecule has 1 aromatic rings. The molecule has 2 heteroatoms. The van der Waals surface area contributed by atoms with Crippen molar-refractivity contribution in [2.75, 3.05) is 7.11 Å². The van der Waals surface area contributed by atoms with Crippen molar-refractivity contribution in [1.82, 2.24) is 0 Å². The zero-order valence-electron chi connectivity index (χ0n) is 8.96. The van der Waals surface area contributed by atoms with Gasteiger partial charge in [0.05, 0.1) is 7.11 Å². The third kappa shape index (κ3) is 2.65. The summed E-state index contributed by atoms with van der Waals surface area (Å²) in [5, 5.41) is 0.211. The molecule has 0 saturated carbocycles. The van der Waals surface area contributed by atoms with E-state index in [0.717, 1.165) is 12.2 Å². The summed E-state index contributed by atoms with van der Waals surface area (Å²) < 4.78 is 5.10. The molecule has 1 nitrogen and oxygen atoms in total. The van der Waals surface area contributed by atoms with E-state index in [1.54, 1.807) is 7.11 Å². The zero-order valence-corrected chi connectivity index (χ0v) is 9.71. The normalized spacial score (nSPS) is 14.9. The molecule has 0 radical (unpaired) electrons. The van der Waals surface area contributed by atoms with Crippen molar-refractivity contribution in [3.8, 4) is 5.75 Å². The van der Waals surface area contributed by atoms with E-state index in [-0.39, 0.29) is 5.38 Å². The van der Waals surface area contributed by atoms with Crippen molar-refractivity contribution in [3.63, 3.8) is 0 Å². The van der Waals surface area contributed by atoms with Crippen LogP contribution in [-0.4, -0.2) is 12.5 Å². The summed E-state index contributed by atoms with van der Waals surface area (Å²) in [5.74, 6) is 1.29. The van der Waals surface area contributed by atoms with Crippen molar-refractivity contribution in [3.05, 3.63) is 29.8 Å². The monoisotopic (exact) mass is 212 g/mol. The molecule has 78 valence electrons. The van der Waals surface area contributed by atoms with Crippen LogP contribution in [0.1, 0.15) is 31.7 Å².